The van der Waals surface area contributed by atoms with Crippen LogP contribution >= 0.6 is 0 Å². The summed E-state index contributed by atoms with van der Waals surface area (Å²) in [6.45, 7) is 3.09. The molecule has 1 aromatic rings. The smallest absolute Gasteiger partial charge is 0.237 e. The highest BCUT2D eigenvalue weighted by Crippen LogP contribution is 2.29. The Morgan fingerprint density at radius 2 is 1.83 bits per heavy atom. The van der Waals surface area contributed by atoms with E-state index in [4.69, 9.17) is 5.26 Å². The molecule has 1 aliphatic heterocycles. The summed E-state index contributed by atoms with van der Waals surface area (Å²) in [6.07, 6.45) is 5.09. The van der Waals surface area contributed by atoms with Crippen LogP contribution < -0.4 is 0 Å². The van der Waals surface area contributed by atoms with E-state index in [1.54, 1.807) is 12.1 Å². The maximum atomic E-state index is 12.4. The van der Waals surface area contributed by atoms with Gasteiger partial charge < -0.3 is 10.0 Å². The lowest BCUT2D eigenvalue weighted by Crippen LogP contribution is -2.54. The number of benzene rings is 1. The van der Waals surface area contributed by atoms with E-state index in [-0.39, 0.29) is 5.91 Å². The number of rotatable bonds is 4. The van der Waals surface area contributed by atoms with Crippen molar-refractivity contribution >= 4 is 5.91 Å². The van der Waals surface area contributed by atoms with Gasteiger partial charge in [0.1, 0.15) is 0 Å². The van der Waals surface area contributed by atoms with Crippen LogP contribution in [-0.4, -0.2) is 52.6 Å². The third-order valence-corrected chi connectivity index (χ3v) is 5.16. The minimum absolute atomic E-state index is 0.116. The molecule has 0 radical (unpaired) electrons. The number of aliphatic hydroxyl groups is 1. The molecule has 1 heterocycles. The number of carbonyl (C=O) groups excluding carboxylic acids is 1. The molecule has 2 aliphatic rings. The zero-order chi connectivity index (χ0) is 17.0. The maximum Gasteiger partial charge on any atom is 0.237 e. The van der Waals surface area contributed by atoms with Crippen LogP contribution in [0.15, 0.2) is 24.3 Å². The molecule has 0 atom stereocenters. The van der Waals surface area contributed by atoms with Crippen LogP contribution in [0.3, 0.4) is 0 Å². The van der Waals surface area contributed by atoms with Crippen LogP contribution in [-0.2, 0) is 11.3 Å². The highest BCUT2D eigenvalue weighted by Gasteiger charge is 2.34. The first-order chi connectivity index (χ1) is 11.6. The predicted molar refractivity (Wildman–Crippen MR) is 91.0 cm³/mol. The summed E-state index contributed by atoms with van der Waals surface area (Å²) in [5, 5.41) is 19.5. The standard InChI is InChI=1S/C19H25N3O2/c20-12-16-4-6-17(7-5-16)13-22-11-10-21(14-18(22)23)15-19(24)8-2-1-3-9-19/h4-7,24H,1-3,8-11,13-15H2. The van der Waals surface area contributed by atoms with Crippen LogP contribution in [0, 0.1) is 11.3 Å². The van der Waals surface area contributed by atoms with Gasteiger partial charge >= 0.3 is 0 Å². The quantitative estimate of drug-likeness (QED) is 0.917. The largest absolute Gasteiger partial charge is 0.389 e. The van der Waals surface area contributed by atoms with E-state index in [2.05, 4.69) is 11.0 Å². The summed E-state index contributed by atoms with van der Waals surface area (Å²) < 4.78 is 0. The van der Waals surface area contributed by atoms with E-state index >= 15 is 0 Å². The number of amides is 1. The summed E-state index contributed by atoms with van der Waals surface area (Å²) in [5.41, 5.74) is 1.07. The Hall–Kier alpha value is -1.90. The molecule has 1 N–H and O–H groups in total. The van der Waals surface area contributed by atoms with E-state index in [0.717, 1.165) is 37.8 Å². The second-order valence-corrected chi connectivity index (χ2v) is 7.12. The lowest BCUT2D eigenvalue weighted by molar-refractivity contribution is -0.138. The average molecular weight is 327 g/mol. The SMILES string of the molecule is N#Cc1ccc(CN2CCN(CC3(O)CCCCC3)CC2=O)cc1. The molecule has 128 valence electrons. The lowest BCUT2D eigenvalue weighted by Gasteiger charge is -2.40. The van der Waals surface area contributed by atoms with Crippen molar-refractivity contribution < 1.29 is 9.90 Å². The van der Waals surface area contributed by atoms with Gasteiger partial charge in [-0.3, -0.25) is 9.69 Å². The van der Waals surface area contributed by atoms with Crippen molar-refractivity contribution in [3.8, 4) is 6.07 Å². The molecule has 5 nitrogen and oxygen atoms in total. The third-order valence-electron chi connectivity index (χ3n) is 5.16. The van der Waals surface area contributed by atoms with Crippen molar-refractivity contribution in [2.75, 3.05) is 26.2 Å². The van der Waals surface area contributed by atoms with Crippen LogP contribution in [0.4, 0.5) is 0 Å². The molecule has 5 heteroatoms. The van der Waals surface area contributed by atoms with Gasteiger partial charge in [-0.2, -0.15) is 5.26 Å². The number of nitriles is 1. The molecule has 2 fully saturated rings. The van der Waals surface area contributed by atoms with Crippen molar-refractivity contribution in [3.63, 3.8) is 0 Å². The van der Waals surface area contributed by atoms with Crippen LogP contribution in [0.25, 0.3) is 0 Å². The molecule has 1 aromatic carbocycles. The number of piperazine rings is 1. The van der Waals surface area contributed by atoms with E-state index in [0.29, 0.717) is 31.7 Å². The first-order valence-electron chi connectivity index (χ1n) is 8.80. The highest BCUT2D eigenvalue weighted by atomic mass is 16.3. The van der Waals surface area contributed by atoms with Crippen LogP contribution in [0.2, 0.25) is 0 Å². The van der Waals surface area contributed by atoms with Gasteiger partial charge in [-0.05, 0) is 30.5 Å². The summed E-state index contributed by atoms with van der Waals surface area (Å²) in [4.78, 5) is 16.4. The van der Waals surface area contributed by atoms with Crippen LogP contribution in [0.1, 0.15) is 43.2 Å². The van der Waals surface area contributed by atoms with Crippen molar-refractivity contribution in [2.24, 2.45) is 0 Å². The van der Waals surface area contributed by atoms with Gasteiger partial charge in [-0.15, -0.1) is 0 Å². The number of nitrogens with zero attached hydrogens (tertiary/aromatic N) is 3. The molecule has 0 spiro atoms. The number of hydrogen-bond donors (Lipinski definition) is 1. The van der Waals surface area contributed by atoms with Crippen molar-refractivity contribution in [3.05, 3.63) is 35.4 Å². The molecule has 24 heavy (non-hydrogen) atoms. The molecule has 1 saturated heterocycles. The van der Waals surface area contributed by atoms with E-state index in [9.17, 15) is 9.90 Å². The summed E-state index contributed by atoms with van der Waals surface area (Å²) >= 11 is 0. The Morgan fingerprint density at radius 3 is 2.46 bits per heavy atom. The Morgan fingerprint density at radius 1 is 1.12 bits per heavy atom. The minimum atomic E-state index is -0.603. The molecule has 1 amide bonds. The fourth-order valence-electron chi connectivity index (χ4n) is 3.75. The van der Waals surface area contributed by atoms with Crippen molar-refractivity contribution in [1.29, 1.82) is 5.26 Å². The van der Waals surface area contributed by atoms with Gasteiger partial charge in [-0.1, -0.05) is 31.4 Å². The molecule has 1 aliphatic carbocycles. The van der Waals surface area contributed by atoms with Crippen LogP contribution in [0.5, 0.6) is 0 Å². The predicted octanol–water partition coefficient (Wildman–Crippen LogP) is 1.90. The summed E-state index contributed by atoms with van der Waals surface area (Å²) in [7, 11) is 0. The van der Waals surface area contributed by atoms with E-state index in [1.165, 1.54) is 6.42 Å². The number of β-amino-alcohol motifs (C(OH)–C–C–N with tert-alkyl or cyclic N) is 1. The first kappa shape index (κ1) is 16.9. The van der Waals surface area contributed by atoms with Gasteiger partial charge in [0.25, 0.3) is 0 Å². The van der Waals surface area contributed by atoms with Gasteiger partial charge in [0.05, 0.1) is 23.8 Å². The third kappa shape index (κ3) is 4.14. The van der Waals surface area contributed by atoms with Gasteiger partial charge in [-0.25, -0.2) is 0 Å². The molecule has 0 aromatic heterocycles. The molecule has 0 bridgehead atoms. The first-order valence-corrected chi connectivity index (χ1v) is 8.80. The molecule has 1 saturated carbocycles. The van der Waals surface area contributed by atoms with Crippen molar-refractivity contribution in [2.45, 2.75) is 44.2 Å². The Kier molecular flexibility index (Phi) is 5.17. The van der Waals surface area contributed by atoms with Crippen molar-refractivity contribution in [1.82, 2.24) is 9.80 Å². The normalized spacial score (nSPS) is 21.5. The van der Waals surface area contributed by atoms with E-state index in [1.807, 2.05) is 17.0 Å². The number of carbonyl (C=O) groups is 1. The minimum Gasteiger partial charge on any atom is -0.389 e. The second-order valence-electron chi connectivity index (χ2n) is 7.12. The Bertz CT molecular complexity index is 614. The molecule has 0 unspecified atom stereocenters. The fourth-order valence-corrected chi connectivity index (χ4v) is 3.75. The Labute approximate surface area is 143 Å². The lowest BCUT2D eigenvalue weighted by atomic mass is 9.84. The molecular weight excluding hydrogens is 302 g/mol. The van der Waals surface area contributed by atoms with Gasteiger partial charge in [0.15, 0.2) is 0 Å². The topological polar surface area (TPSA) is 67.6 Å². The van der Waals surface area contributed by atoms with Gasteiger partial charge in [0.2, 0.25) is 5.91 Å². The second kappa shape index (κ2) is 7.33. The number of hydrogen-bond acceptors (Lipinski definition) is 4. The average Bonchev–Trinajstić information content (AvgIpc) is 2.58. The summed E-state index contributed by atoms with van der Waals surface area (Å²) in [5.74, 6) is 0.116. The zero-order valence-corrected chi connectivity index (χ0v) is 14.1. The summed E-state index contributed by atoms with van der Waals surface area (Å²) in [6, 6.07) is 9.49. The fraction of sp³-hybridized carbons (Fsp3) is 0.579. The monoisotopic (exact) mass is 327 g/mol. The maximum absolute atomic E-state index is 12.4. The Balaban J connectivity index is 1.53. The highest BCUT2D eigenvalue weighted by molar-refractivity contribution is 5.79. The van der Waals surface area contributed by atoms with E-state index < -0.39 is 5.60 Å². The zero-order valence-electron chi connectivity index (χ0n) is 14.1. The van der Waals surface area contributed by atoms with Gasteiger partial charge in [0, 0.05) is 26.2 Å². The molecular formula is C19H25N3O2. The molecule has 3 rings (SSSR count).